The molecule has 0 saturated carbocycles. The summed E-state index contributed by atoms with van der Waals surface area (Å²) in [7, 11) is 0. The zero-order chi connectivity index (χ0) is 13.5. The Kier molecular flexibility index (Phi) is 5.67. The van der Waals surface area contributed by atoms with Crippen LogP contribution in [0.1, 0.15) is 25.3 Å². The maximum atomic E-state index is 5.86. The molecule has 0 aliphatic carbocycles. The fourth-order valence-corrected chi connectivity index (χ4v) is 2.70. The highest BCUT2D eigenvalue weighted by Crippen LogP contribution is 2.13. The molecule has 0 aromatic heterocycles. The second-order valence-electron chi connectivity index (χ2n) is 5.35. The van der Waals surface area contributed by atoms with E-state index in [9.17, 15) is 0 Å². The maximum absolute atomic E-state index is 5.86. The summed E-state index contributed by atoms with van der Waals surface area (Å²) in [6.45, 7) is 9.60. The van der Waals surface area contributed by atoms with E-state index in [-0.39, 0.29) is 0 Å². The average molecular weight is 262 g/mol. The number of nitrogens with zero attached hydrogens (tertiary/aromatic N) is 1. The van der Waals surface area contributed by atoms with Gasteiger partial charge in [0.05, 0.1) is 0 Å². The Morgan fingerprint density at radius 1 is 1.37 bits per heavy atom. The highest BCUT2D eigenvalue weighted by molar-refractivity contribution is 5.27. The molecular formula is C16H26N2O. The number of rotatable bonds is 7. The van der Waals surface area contributed by atoms with E-state index in [2.05, 4.69) is 42.3 Å². The third kappa shape index (κ3) is 4.51. The van der Waals surface area contributed by atoms with Crippen LogP contribution in [0.25, 0.3) is 0 Å². The smallest absolute Gasteiger partial charge is 0.119 e. The molecule has 1 aliphatic heterocycles. The number of benzene rings is 1. The fraction of sp³-hybridized carbons (Fsp3) is 0.625. The van der Waals surface area contributed by atoms with E-state index >= 15 is 0 Å². The molecular weight excluding hydrogens is 236 g/mol. The van der Waals surface area contributed by atoms with E-state index in [1.165, 1.54) is 24.9 Å². The monoisotopic (exact) mass is 262 g/mol. The van der Waals surface area contributed by atoms with Crippen molar-refractivity contribution in [2.75, 3.05) is 32.8 Å². The molecule has 1 saturated heterocycles. The van der Waals surface area contributed by atoms with Crippen LogP contribution in [0.15, 0.2) is 24.3 Å². The topological polar surface area (TPSA) is 24.5 Å². The minimum Gasteiger partial charge on any atom is -0.492 e. The van der Waals surface area contributed by atoms with E-state index in [4.69, 9.17) is 4.74 Å². The summed E-state index contributed by atoms with van der Waals surface area (Å²) in [4.78, 5) is 2.57. The van der Waals surface area contributed by atoms with Crippen LogP contribution in [0, 0.1) is 6.92 Å². The van der Waals surface area contributed by atoms with Crippen molar-refractivity contribution in [2.24, 2.45) is 0 Å². The van der Waals surface area contributed by atoms with Gasteiger partial charge in [0.15, 0.2) is 0 Å². The summed E-state index contributed by atoms with van der Waals surface area (Å²) in [6, 6.07) is 8.98. The molecule has 19 heavy (non-hydrogen) atoms. The van der Waals surface area contributed by atoms with Crippen LogP contribution < -0.4 is 10.1 Å². The van der Waals surface area contributed by atoms with Gasteiger partial charge in [0.1, 0.15) is 12.4 Å². The Morgan fingerprint density at radius 3 is 2.95 bits per heavy atom. The van der Waals surface area contributed by atoms with Crippen molar-refractivity contribution < 1.29 is 4.74 Å². The molecule has 1 aliphatic rings. The molecule has 0 amide bonds. The Morgan fingerprint density at radius 2 is 2.26 bits per heavy atom. The van der Waals surface area contributed by atoms with E-state index in [1.54, 1.807) is 0 Å². The molecule has 1 aromatic carbocycles. The number of aryl methyl sites for hydroxylation is 1. The number of hydrogen-bond donors (Lipinski definition) is 1. The molecule has 106 valence electrons. The predicted molar refractivity (Wildman–Crippen MR) is 79.8 cm³/mol. The van der Waals surface area contributed by atoms with Gasteiger partial charge in [-0.05, 0) is 50.6 Å². The van der Waals surface area contributed by atoms with Crippen LogP contribution in [0.2, 0.25) is 0 Å². The van der Waals surface area contributed by atoms with Crippen molar-refractivity contribution in [3.05, 3.63) is 29.8 Å². The standard InChI is InChI=1S/C16H26N2O/c1-3-9-18(15-7-8-17-13-15)10-11-19-16-6-4-5-14(2)12-16/h4-6,12,15,17H,3,7-11,13H2,1-2H3. The highest BCUT2D eigenvalue weighted by atomic mass is 16.5. The largest absolute Gasteiger partial charge is 0.492 e. The molecule has 1 unspecified atom stereocenters. The molecule has 1 aromatic rings. The maximum Gasteiger partial charge on any atom is 0.119 e. The first-order valence-electron chi connectivity index (χ1n) is 7.44. The predicted octanol–water partition coefficient (Wildman–Crippen LogP) is 2.45. The summed E-state index contributed by atoms with van der Waals surface area (Å²) >= 11 is 0. The molecule has 1 fully saturated rings. The van der Waals surface area contributed by atoms with Gasteiger partial charge in [0.2, 0.25) is 0 Å². The van der Waals surface area contributed by atoms with Gasteiger partial charge in [0.25, 0.3) is 0 Å². The van der Waals surface area contributed by atoms with Crippen LogP contribution in [-0.4, -0.2) is 43.7 Å². The van der Waals surface area contributed by atoms with E-state index in [1.807, 2.05) is 6.07 Å². The first-order chi connectivity index (χ1) is 9.29. The molecule has 1 heterocycles. The van der Waals surface area contributed by atoms with Gasteiger partial charge in [-0.1, -0.05) is 19.1 Å². The minimum atomic E-state index is 0.695. The van der Waals surface area contributed by atoms with Crippen LogP contribution >= 0.6 is 0 Å². The fourth-order valence-electron chi connectivity index (χ4n) is 2.70. The van der Waals surface area contributed by atoms with Gasteiger partial charge >= 0.3 is 0 Å². The third-order valence-electron chi connectivity index (χ3n) is 3.70. The zero-order valence-electron chi connectivity index (χ0n) is 12.2. The Balaban J connectivity index is 1.78. The van der Waals surface area contributed by atoms with Gasteiger partial charge in [0, 0.05) is 19.1 Å². The zero-order valence-corrected chi connectivity index (χ0v) is 12.2. The lowest BCUT2D eigenvalue weighted by Crippen LogP contribution is -2.40. The quantitative estimate of drug-likeness (QED) is 0.817. The summed E-state index contributed by atoms with van der Waals surface area (Å²) in [5, 5.41) is 3.44. The Hall–Kier alpha value is -1.06. The summed E-state index contributed by atoms with van der Waals surface area (Å²) < 4.78 is 5.86. The number of nitrogens with one attached hydrogen (secondary N) is 1. The normalized spacial score (nSPS) is 19.0. The van der Waals surface area contributed by atoms with Gasteiger partial charge in [-0.15, -0.1) is 0 Å². The molecule has 1 atom stereocenters. The summed E-state index contributed by atoms with van der Waals surface area (Å²) in [5.74, 6) is 0.987. The van der Waals surface area contributed by atoms with Gasteiger partial charge in [-0.2, -0.15) is 0 Å². The van der Waals surface area contributed by atoms with Gasteiger partial charge in [-0.25, -0.2) is 0 Å². The van der Waals surface area contributed by atoms with Gasteiger partial charge < -0.3 is 10.1 Å². The molecule has 3 heteroatoms. The molecule has 3 nitrogen and oxygen atoms in total. The van der Waals surface area contributed by atoms with Crippen LogP contribution in [0.3, 0.4) is 0 Å². The Labute approximate surface area is 116 Å². The lowest BCUT2D eigenvalue weighted by Gasteiger charge is -2.27. The minimum absolute atomic E-state index is 0.695. The van der Waals surface area contributed by atoms with Crippen LogP contribution in [-0.2, 0) is 0 Å². The van der Waals surface area contributed by atoms with Crippen molar-refractivity contribution in [1.82, 2.24) is 10.2 Å². The highest BCUT2D eigenvalue weighted by Gasteiger charge is 2.21. The summed E-state index contributed by atoms with van der Waals surface area (Å²) in [5.41, 5.74) is 1.25. The van der Waals surface area contributed by atoms with Crippen molar-refractivity contribution in [2.45, 2.75) is 32.7 Å². The van der Waals surface area contributed by atoms with Crippen LogP contribution in [0.4, 0.5) is 0 Å². The molecule has 1 N–H and O–H groups in total. The van der Waals surface area contributed by atoms with E-state index in [0.29, 0.717) is 6.04 Å². The van der Waals surface area contributed by atoms with Crippen molar-refractivity contribution in [3.63, 3.8) is 0 Å². The lowest BCUT2D eigenvalue weighted by atomic mass is 10.2. The van der Waals surface area contributed by atoms with E-state index in [0.717, 1.165) is 32.0 Å². The third-order valence-corrected chi connectivity index (χ3v) is 3.70. The molecule has 2 rings (SSSR count). The number of ether oxygens (including phenoxy) is 1. The average Bonchev–Trinajstić information content (AvgIpc) is 2.91. The first kappa shape index (κ1) is 14.4. The molecule has 0 radical (unpaired) electrons. The second kappa shape index (κ2) is 7.51. The van der Waals surface area contributed by atoms with Crippen molar-refractivity contribution >= 4 is 0 Å². The van der Waals surface area contributed by atoms with Gasteiger partial charge in [-0.3, -0.25) is 4.90 Å². The van der Waals surface area contributed by atoms with Crippen LogP contribution in [0.5, 0.6) is 5.75 Å². The molecule has 0 spiro atoms. The molecule has 0 bridgehead atoms. The summed E-state index contributed by atoms with van der Waals surface area (Å²) in [6.07, 6.45) is 2.48. The number of hydrogen-bond acceptors (Lipinski definition) is 3. The van der Waals surface area contributed by atoms with Crippen molar-refractivity contribution in [1.29, 1.82) is 0 Å². The van der Waals surface area contributed by atoms with Crippen molar-refractivity contribution in [3.8, 4) is 5.75 Å². The lowest BCUT2D eigenvalue weighted by molar-refractivity contribution is 0.167. The first-order valence-corrected chi connectivity index (χ1v) is 7.44. The Bertz CT molecular complexity index is 375. The second-order valence-corrected chi connectivity index (χ2v) is 5.35. The SMILES string of the molecule is CCCN(CCOc1cccc(C)c1)C1CCNC1. The van der Waals surface area contributed by atoms with E-state index < -0.39 is 0 Å².